The van der Waals surface area contributed by atoms with Crippen LogP contribution in [0.1, 0.15) is 52.0 Å². The molecule has 0 aromatic heterocycles. The Morgan fingerprint density at radius 1 is 1.11 bits per heavy atom. The lowest BCUT2D eigenvalue weighted by Crippen LogP contribution is -2.43. The minimum Gasteiger partial charge on any atom is -0.310 e. The molecule has 1 nitrogen and oxygen atoms in total. The molecule has 0 unspecified atom stereocenters. The van der Waals surface area contributed by atoms with E-state index in [4.69, 9.17) is 0 Å². The van der Waals surface area contributed by atoms with Crippen molar-refractivity contribution in [2.24, 2.45) is 10.8 Å². The standard InChI is InChI=1S/C17H24BrN/c1-16(2)15(17(16,3)4)19-14-9-12(10-14)11-6-5-7-13(18)8-11/h5-8,12,14-15,19H,9-10H2,1-4H3. The Labute approximate surface area is 125 Å². The van der Waals surface area contributed by atoms with Gasteiger partial charge in [-0.05, 0) is 47.3 Å². The monoisotopic (exact) mass is 321 g/mol. The van der Waals surface area contributed by atoms with E-state index in [1.807, 2.05) is 0 Å². The van der Waals surface area contributed by atoms with Crippen LogP contribution in [0.15, 0.2) is 28.7 Å². The molecule has 0 atom stereocenters. The average Bonchev–Trinajstić information content (AvgIpc) is 2.63. The van der Waals surface area contributed by atoms with Crippen molar-refractivity contribution in [3.63, 3.8) is 0 Å². The van der Waals surface area contributed by atoms with Crippen molar-refractivity contribution in [1.82, 2.24) is 5.32 Å². The second-order valence-electron chi connectivity index (χ2n) is 7.46. The van der Waals surface area contributed by atoms with Crippen molar-refractivity contribution < 1.29 is 0 Å². The lowest BCUT2D eigenvalue weighted by Gasteiger charge is -2.37. The summed E-state index contributed by atoms with van der Waals surface area (Å²) in [7, 11) is 0. The molecule has 1 aromatic rings. The van der Waals surface area contributed by atoms with Crippen LogP contribution in [0.3, 0.4) is 0 Å². The first-order valence-electron chi connectivity index (χ1n) is 7.34. The molecule has 0 aliphatic heterocycles. The molecule has 0 radical (unpaired) electrons. The highest BCUT2D eigenvalue weighted by atomic mass is 79.9. The maximum Gasteiger partial charge on any atom is 0.0183 e. The lowest BCUT2D eigenvalue weighted by molar-refractivity contribution is 0.275. The number of nitrogens with one attached hydrogen (secondary N) is 1. The fraction of sp³-hybridized carbons (Fsp3) is 0.647. The van der Waals surface area contributed by atoms with E-state index in [1.54, 1.807) is 0 Å². The number of benzene rings is 1. The van der Waals surface area contributed by atoms with Gasteiger partial charge < -0.3 is 5.32 Å². The Bertz CT molecular complexity index is 472. The van der Waals surface area contributed by atoms with Crippen molar-refractivity contribution >= 4 is 15.9 Å². The zero-order chi connectivity index (χ0) is 13.8. The fourth-order valence-electron chi connectivity index (χ4n) is 3.64. The third-order valence-electron chi connectivity index (χ3n) is 5.88. The summed E-state index contributed by atoms with van der Waals surface area (Å²) in [5, 5.41) is 3.87. The summed E-state index contributed by atoms with van der Waals surface area (Å²) in [5.41, 5.74) is 2.39. The third kappa shape index (κ3) is 2.17. The summed E-state index contributed by atoms with van der Waals surface area (Å²) < 4.78 is 1.20. The third-order valence-corrected chi connectivity index (χ3v) is 6.37. The molecule has 2 fully saturated rings. The molecule has 2 saturated carbocycles. The van der Waals surface area contributed by atoms with Crippen LogP contribution in [-0.4, -0.2) is 12.1 Å². The second-order valence-corrected chi connectivity index (χ2v) is 8.38. The van der Waals surface area contributed by atoms with Crippen LogP contribution in [-0.2, 0) is 0 Å². The summed E-state index contributed by atoms with van der Waals surface area (Å²) in [5.74, 6) is 0.750. The maximum atomic E-state index is 3.87. The molecule has 1 N–H and O–H groups in total. The maximum absolute atomic E-state index is 3.87. The Morgan fingerprint density at radius 2 is 1.74 bits per heavy atom. The van der Waals surface area contributed by atoms with Gasteiger partial charge in [0.2, 0.25) is 0 Å². The smallest absolute Gasteiger partial charge is 0.0183 e. The van der Waals surface area contributed by atoms with Gasteiger partial charge in [-0.15, -0.1) is 0 Å². The van der Waals surface area contributed by atoms with E-state index >= 15 is 0 Å². The molecule has 104 valence electrons. The van der Waals surface area contributed by atoms with Gasteiger partial charge in [0, 0.05) is 16.6 Å². The molecule has 1 aromatic carbocycles. The van der Waals surface area contributed by atoms with Crippen LogP contribution in [0.5, 0.6) is 0 Å². The first-order chi connectivity index (χ1) is 8.82. The highest BCUT2D eigenvalue weighted by Gasteiger charge is 2.65. The SMILES string of the molecule is CC1(C)C(NC2CC(c3cccc(Br)c3)C2)C1(C)C. The predicted molar refractivity (Wildman–Crippen MR) is 84.4 cm³/mol. The molecule has 2 heteroatoms. The molecule has 2 aliphatic carbocycles. The van der Waals surface area contributed by atoms with Crippen LogP contribution in [0.4, 0.5) is 0 Å². The molecule has 19 heavy (non-hydrogen) atoms. The van der Waals surface area contributed by atoms with Crippen LogP contribution < -0.4 is 5.32 Å². The number of hydrogen-bond donors (Lipinski definition) is 1. The fourth-order valence-corrected chi connectivity index (χ4v) is 4.05. The van der Waals surface area contributed by atoms with Crippen molar-refractivity contribution in [3.8, 4) is 0 Å². The van der Waals surface area contributed by atoms with Gasteiger partial charge in [0.15, 0.2) is 0 Å². The molecule has 0 bridgehead atoms. The first kappa shape index (κ1) is 13.6. The van der Waals surface area contributed by atoms with Crippen molar-refractivity contribution in [2.75, 3.05) is 0 Å². The minimum absolute atomic E-state index is 0.452. The summed E-state index contributed by atoms with van der Waals surface area (Å²) in [4.78, 5) is 0. The number of hydrogen-bond acceptors (Lipinski definition) is 1. The topological polar surface area (TPSA) is 12.0 Å². The molecule has 3 rings (SSSR count). The van der Waals surface area contributed by atoms with Crippen LogP contribution in [0, 0.1) is 10.8 Å². The molecular formula is C17H24BrN. The van der Waals surface area contributed by atoms with E-state index < -0.39 is 0 Å². The van der Waals surface area contributed by atoms with Gasteiger partial charge in [0.1, 0.15) is 0 Å². The van der Waals surface area contributed by atoms with Gasteiger partial charge in [0.25, 0.3) is 0 Å². The van der Waals surface area contributed by atoms with Gasteiger partial charge in [-0.1, -0.05) is 55.8 Å². The van der Waals surface area contributed by atoms with Crippen molar-refractivity contribution in [3.05, 3.63) is 34.3 Å². The van der Waals surface area contributed by atoms with Crippen LogP contribution >= 0.6 is 15.9 Å². The summed E-state index contributed by atoms with van der Waals surface area (Å²) in [6.45, 7) is 9.54. The van der Waals surface area contributed by atoms with Crippen LogP contribution in [0.2, 0.25) is 0 Å². The summed E-state index contributed by atoms with van der Waals surface area (Å²) in [6, 6.07) is 10.2. The molecule has 0 saturated heterocycles. The van der Waals surface area contributed by atoms with Crippen LogP contribution in [0.25, 0.3) is 0 Å². The average molecular weight is 322 g/mol. The number of rotatable bonds is 3. The Hall–Kier alpha value is -0.340. The zero-order valence-corrected chi connectivity index (χ0v) is 13.9. The van der Waals surface area contributed by atoms with E-state index in [1.165, 1.54) is 22.9 Å². The van der Waals surface area contributed by atoms with E-state index in [9.17, 15) is 0 Å². The Morgan fingerprint density at radius 3 is 2.26 bits per heavy atom. The molecular weight excluding hydrogens is 298 g/mol. The summed E-state index contributed by atoms with van der Waals surface area (Å²) in [6.07, 6.45) is 2.58. The Kier molecular flexibility index (Phi) is 3.10. The highest BCUT2D eigenvalue weighted by molar-refractivity contribution is 9.10. The van der Waals surface area contributed by atoms with Crippen molar-refractivity contribution in [1.29, 1.82) is 0 Å². The van der Waals surface area contributed by atoms with Gasteiger partial charge in [0.05, 0.1) is 0 Å². The van der Waals surface area contributed by atoms with E-state index in [0.29, 0.717) is 16.9 Å². The molecule has 0 spiro atoms. The predicted octanol–water partition coefficient (Wildman–Crippen LogP) is 4.72. The van der Waals surface area contributed by atoms with E-state index in [-0.39, 0.29) is 0 Å². The Balaban J connectivity index is 1.54. The second kappa shape index (κ2) is 4.33. The highest BCUT2D eigenvalue weighted by Crippen LogP contribution is 2.63. The molecule has 0 heterocycles. The van der Waals surface area contributed by atoms with Gasteiger partial charge in [-0.25, -0.2) is 0 Å². The normalized spacial score (nSPS) is 31.8. The molecule has 2 aliphatic rings. The van der Waals surface area contributed by atoms with E-state index in [2.05, 4.69) is 73.2 Å². The minimum atomic E-state index is 0.452. The largest absolute Gasteiger partial charge is 0.310 e. The van der Waals surface area contributed by atoms with Gasteiger partial charge >= 0.3 is 0 Å². The van der Waals surface area contributed by atoms with Gasteiger partial charge in [-0.3, -0.25) is 0 Å². The zero-order valence-electron chi connectivity index (χ0n) is 12.3. The summed E-state index contributed by atoms with van der Waals surface area (Å²) >= 11 is 3.56. The first-order valence-corrected chi connectivity index (χ1v) is 8.13. The molecule has 0 amide bonds. The lowest BCUT2D eigenvalue weighted by atomic mass is 9.76. The van der Waals surface area contributed by atoms with Gasteiger partial charge in [-0.2, -0.15) is 0 Å². The number of halogens is 1. The quantitative estimate of drug-likeness (QED) is 0.849. The van der Waals surface area contributed by atoms with E-state index in [0.717, 1.165) is 12.0 Å². The van der Waals surface area contributed by atoms with Crippen molar-refractivity contribution in [2.45, 2.75) is 58.5 Å².